The van der Waals surface area contributed by atoms with Crippen molar-refractivity contribution in [2.24, 2.45) is 5.41 Å². The second-order valence-corrected chi connectivity index (χ2v) is 6.73. The molecule has 1 heterocycles. The lowest BCUT2D eigenvalue weighted by atomic mass is 10.1. The fourth-order valence-electron chi connectivity index (χ4n) is 2.49. The van der Waals surface area contributed by atoms with Crippen LogP contribution in [0.5, 0.6) is 0 Å². The lowest BCUT2D eigenvalue weighted by Gasteiger charge is -2.15. The zero-order valence-corrected chi connectivity index (χ0v) is 12.3. The van der Waals surface area contributed by atoms with Gasteiger partial charge in [0.15, 0.2) is 0 Å². The van der Waals surface area contributed by atoms with E-state index in [9.17, 15) is 4.39 Å². The summed E-state index contributed by atoms with van der Waals surface area (Å²) < 4.78 is 15.8. The van der Waals surface area contributed by atoms with Crippen LogP contribution in [-0.2, 0) is 6.54 Å². The molecular formula is C15H18ClFN2. The summed E-state index contributed by atoms with van der Waals surface area (Å²) in [6, 6.07) is 3.39. The molecule has 0 spiro atoms. The van der Waals surface area contributed by atoms with Gasteiger partial charge in [0.25, 0.3) is 0 Å². The molecular weight excluding hydrogens is 263 g/mol. The number of hydrogen-bond donors (Lipinski definition) is 0. The zero-order valence-electron chi connectivity index (χ0n) is 11.5. The highest BCUT2D eigenvalue weighted by molar-refractivity contribution is 6.20. The number of alkyl halides is 1. The third-order valence-corrected chi connectivity index (χ3v) is 4.25. The van der Waals surface area contributed by atoms with Gasteiger partial charge in [0.2, 0.25) is 0 Å². The third kappa shape index (κ3) is 2.25. The van der Waals surface area contributed by atoms with Crippen LogP contribution in [0.1, 0.15) is 43.5 Å². The van der Waals surface area contributed by atoms with Crippen molar-refractivity contribution in [2.75, 3.05) is 0 Å². The van der Waals surface area contributed by atoms with Crippen LogP contribution in [0.3, 0.4) is 0 Å². The van der Waals surface area contributed by atoms with Gasteiger partial charge in [-0.3, -0.25) is 0 Å². The topological polar surface area (TPSA) is 17.8 Å². The first-order chi connectivity index (χ1) is 8.89. The summed E-state index contributed by atoms with van der Waals surface area (Å²) in [4.78, 5) is 4.52. The first-order valence-electron chi connectivity index (χ1n) is 6.70. The van der Waals surface area contributed by atoms with E-state index in [0.29, 0.717) is 16.5 Å². The minimum Gasteiger partial charge on any atom is -0.326 e. The lowest BCUT2D eigenvalue weighted by molar-refractivity contribution is 0.461. The maximum absolute atomic E-state index is 13.7. The van der Waals surface area contributed by atoms with Crippen LogP contribution in [0.2, 0.25) is 0 Å². The van der Waals surface area contributed by atoms with E-state index in [2.05, 4.69) is 16.5 Å². The van der Waals surface area contributed by atoms with Gasteiger partial charge in [0, 0.05) is 12.6 Å². The molecule has 1 aliphatic rings. The van der Waals surface area contributed by atoms with Crippen molar-refractivity contribution in [1.82, 2.24) is 9.55 Å². The number of fused-ring (bicyclic) bond motifs is 1. The van der Waals surface area contributed by atoms with Crippen LogP contribution in [-0.4, -0.2) is 9.55 Å². The van der Waals surface area contributed by atoms with E-state index in [0.717, 1.165) is 17.9 Å². The molecule has 1 aromatic heterocycles. The van der Waals surface area contributed by atoms with E-state index >= 15 is 0 Å². The summed E-state index contributed by atoms with van der Waals surface area (Å²) in [6.07, 6.45) is 2.48. The molecule has 19 heavy (non-hydrogen) atoms. The number of benzene rings is 1. The maximum atomic E-state index is 13.7. The fraction of sp³-hybridized carbons (Fsp3) is 0.533. The van der Waals surface area contributed by atoms with Gasteiger partial charge in [-0.15, -0.1) is 11.6 Å². The van der Waals surface area contributed by atoms with E-state index in [1.165, 1.54) is 18.9 Å². The number of aryl methyl sites for hydroxylation is 1. The van der Waals surface area contributed by atoms with Gasteiger partial charge in [0.05, 0.1) is 16.4 Å². The molecule has 1 fully saturated rings. The predicted octanol–water partition coefficient (Wildman–Crippen LogP) is 4.58. The van der Waals surface area contributed by atoms with Crippen molar-refractivity contribution < 1.29 is 4.39 Å². The molecule has 1 aliphatic carbocycles. The molecule has 0 aliphatic heterocycles. The quantitative estimate of drug-likeness (QED) is 0.752. The molecule has 1 aromatic carbocycles. The second kappa shape index (κ2) is 4.20. The Kier molecular flexibility index (Phi) is 2.86. The molecule has 3 rings (SSSR count). The zero-order chi connectivity index (χ0) is 13.8. The largest absolute Gasteiger partial charge is 0.326 e. The predicted molar refractivity (Wildman–Crippen MR) is 76.0 cm³/mol. The third-order valence-electron chi connectivity index (χ3n) is 4.06. The minimum absolute atomic E-state index is 0.168. The van der Waals surface area contributed by atoms with E-state index < -0.39 is 0 Å². The van der Waals surface area contributed by atoms with Crippen LogP contribution in [0.25, 0.3) is 11.0 Å². The Morgan fingerprint density at radius 2 is 2.16 bits per heavy atom. The van der Waals surface area contributed by atoms with E-state index in [1.54, 1.807) is 6.92 Å². The summed E-state index contributed by atoms with van der Waals surface area (Å²) in [5.74, 6) is 0.637. The van der Waals surface area contributed by atoms with E-state index in [4.69, 9.17) is 11.6 Å². The standard InChI is InChI=1S/C15H18ClFN2/c1-9-6-13-12(7-11(9)17)18-14(10(2)16)19(13)8-15(3)4-5-15/h6-7,10H,4-5,8H2,1-3H3. The average molecular weight is 281 g/mol. The van der Waals surface area contributed by atoms with Crippen LogP contribution >= 0.6 is 11.6 Å². The van der Waals surface area contributed by atoms with Crippen LogP contribution < -0.4 is 0 Å². The maximum Gasteiger partial charge on any atom is 0.128 e. The van der Waals surface area contributed by atoms with Crippen LogP contribution in [0.15, 0.2) is 12.1 Å². The molecule has 102 valence electrons. The average Bonchev–Trinajstić information content (AvgIpc) is 2.96. The number of hydrogen-bond acceptors (Lipinski definition) is 1. The Bertz CT molecular complexity index is 641. The number of halogens is 2. The van der Waals surface area contributed by atoms with Crippen molar-refractivity contribution in [2.45, 2.75) is 45.5 Å². The number of nitrogens with zero attached hydrogens (tertiary/aromatic N) is 2. The van der Waals surface area contributed by atoms with E-state index in [1.807, 2.05) is 13.0 Å². The Balaban J connectivity index is 2.19. The summed E-state index contributed by atoms with van der Waals surface area (Å²) in [5.41, 5.74) is 2.71. The number of rotatable bonds is 3. The van der Waals surface area contributed by atoms with Gasteiger partial charge in [-0.2, -0.15) is 0 Å². The molecule has 0 amide bonds. The second-order valence-electron chi connectivity index (χ2n) is 6.07. The van der Waals surface area contributed by atoms with Crippen molar-refractivity contribution in [3.63, 3.8) is 0 Å². The number of aromatic nitrogens is 2. The first kappa shape index (κ1) is 12.9. The van der Waals surface area contributed by atoms with Crippen molar-refractivity contribution in [1.29, 1.82) is 0 Å². The molecule has 2 aromatic rings. The monoisotopic (exact) mass is 280 g/mol. The highest BCUT2D eigenvalue weighted by Gasteiger charge is 2.38. The molecule has 0 radical (unpaired) electrons. The highest BCUT2D eigenvalue weighted by Crippen LogP contribution is 2.47. The molecule has 0 bridgehead atoms. The Morgan fingerprint density at radius 3 is 2.74 bits per heavy atom. The molecule has 0 N–H and O–H groups in total. The van der Waals surface area contributed by atoms with Gasteiger partial charge < -0.3 is 4.57 Å². The molecule has 1 unspecified atom stereocenters. The molecule has 0 saturated heterocycles. The van der Waals surface area contributed by atoms with Gasteiger partial charge in [-0.1, -0.05) is 6.92 Å². The minimum atomic E-state index is -0.205. The fourth-order valence-corrected chi connectivity index (χ4v) is 2.66. The van der Waals surface area contributed by atoms with Crippen molar-refractivity contribution >= 4 is 22.6 Å². The summed E-state index contributed by atoms with van der Waals surface area (Å²) in [6.45, 7) is 6.89. The van der Waals surface area contributed by atoms with Gasteiger partial charge in [-0.05, 0) is 43.7 Å². The smallest absolute Gasteiger partial charge is 0.128 e. The van der Waals surface area contributed by atoms with Gasteiger partial charge in [0.1, 0.15) is 11.6 Å². The Morgan fingerprint density at radius 1 is 1.47 bits per heavy atom. The normalized spacial score (nSPS) is 18.8. The highest BCUT2D eigenvalue weighted by atomic mass is 35.5. The molecule has 2 nitrogen and oxygen atoms in total. The summed E-state index contributed by atoms with van der Waals surface area (Å²) in [7, 11) is 0. The van der Waals surface area contributed by atoms with Crippen LogP contribution in [0.4, 0.5) is 4.39 Å². The van der Waals surface area contributed by atoms with Gasteiger partial charge in [-0.25, -0.2) is 9.37 Å². The first-order valence-corrected chi connectivity index (χ1v) is 7.14. The Labute approximate surface area is 117 Å². The molecule has 1 saturated carbocycles. The van der Waals surface area contributed by atoms with Crippen molar-refractivity contribution in [3.8, 4) is 0 Å². The summed E-state index contributed by atoms with van der Waals surface area (Å²) in [5, 5.41) is -0.168. The van der Waals surface area contributed by atoms with E-state index in [-0.39, 0.29) is 11.2 Å². The van der Waals surface area contributed by atoms with Crippen LogP contribution in [0, 0.1) is 18.2 Å². The molecule has 1 atom stereocenters. The SMILES string of the molecule is Cc1cc2c(cc1F)nc(C(C)Cl)n2CC1(C)CC1. The number of imidazole rings is 1. The lowest BCUT2D eigenvalue weighted by Crippen LogP contribution is -2.11. The van der Waals surface area contributed by atoms with Gasteiger partial charge >= 0.3 is 0 Å². The van der Waals surface area contributed by atoms with Crippen molar-refractivity contribution in [3.05, 3.63) is 29.3 Å². The Hall–Kier alpha value is -1.09. The summed E-state index contributed by atoms with van der Waals surface area (Å²) >= 11 is 6.23. The molecule has 4 heteroatoms.